The second-order valence-electron chi connectivity index (χ2n) is 4.76. The van der Waals surface area contributed by atoms with E-state index in [0.29, 0.717) is 39.5 Å². The van der Waals surface area contributed by atoms with Crippen LogP contribution in [-0.4, -0.2) is 6.79 Å². The number of hydrogen-bond acceptors (Lipinski definition) is 5. The van der Waals surface area contributed by atoms with E-state index < -0.39 is 0 Å². The number of hydrogen-bond donors (Lipinski definition) is 1. The van der Waals surface area contributed by atoms with Crippen LogP contribution in [0.15, 0.2) is 51.7 Å². The SMILES string of the molecule is Nc1cc2c(cc1-c1cc(=O)c3ccccc3o1)OCO2. The van der Waals surface area contributed by atoms with Gasteiger partial charge in [-0.2, -0.15) is 0 Å². The smallest absolute Gasteiger partial charge is 0.231 e. The van der Waals surface area contributed by atoms with Crippen molar-refractivity contribution in [2.45, 2.75) is 0 Å². The lowest BCUT2D eigenvalue weighted by Gasteiger charge is -2.07. The van der Waals surface area contributed by atoms with E-state index in [1.54, 1.807) is 30.3 Å². The Hall–Kier alpha value is -2.95. The third-order valence-electron chi connectivity index (χ3n) is 3.44. The van der Waals surface area contributed by atoms with Crippen LogP contribution in [0.5, 0.6) is 11.5 Å². The molecule has 0 unspecified atom stereocenters. The Labute approximate surface area is 119 Å². The van der Waals surface area contributed by atoms with Crippen molar-refractivity contribution < 1.29 is 13.9 Å². The molecule has 1 aliphatic rings. The van der Waals surface area contributed by atoms with E-state index in [0.717, 1.165) is 0 Å². The summed E-state index contributed by atoms with van der Waals surface area (Å²) in [6.07, 6.45) is 0. The molecule has 0 atom stereocenters. The van der Waals surface area contributed by atoms with Crippen molar-refractivity contribution in [3.05, 3.63) is 52.7 Å². The van der Waals surface area contributed by atoms with E-state index in [9.17, 15) is 4.79 Å². The Morgan fingerprint density at radius 3 is 2.62 bits per heavy atom. The molecule has 0 spiro atoms. The van der Waals surface area contributed by atoms with Gasteiger partial charge >= 0.3 is 0 Å². The molecule has 2 heterocycles. The van der Waals surface area contributed by atoms with Crippen molar-refractivity contribution in [1.29, 1.82) is 0 Å². The zero-order valence-electron chi connectivity index (χ0n) is 11.0. The second-order valence-corrected chi connectivity index (χ2v) is 4.76. The molecule has 0 fully saturated rings. The third kappa shape index (κ3) is 1.82. The molecule has 5 nitrogen and oxygen atoms in total. The minimum atomic E-state index is -0.107. The van der Waals surface area contributed by atoms with E-state index in [1.807, 2.05) is 6.07 Å². The lowest BCUT2D eigenvalue weighted by molar-refractivity contribution is 0.174. The first kappa shape index (κ1) is 11.8. The first-order valence-electron chi connectivity index (χ1n) is 6.45. The average molecular weight is 281 g/mol. The van der Waals surface area contributed by atoms with Crippen molar-refractivity contribution in [2.75, 3.05) is 12.5 Å². The van der Waals surface area contributed by atoms with Crippen LogP contribution in [0, 0.1) is 0 Å². The first-order chi connectivity index (χ1) is 10.2. The molecule has 0 amide bonds. The Morgan fingerprint density at radius 2 is 1.76 bits per heavy atom. The lowest BCUT2D eigenvalue weighted by atomic mass is 10.1. The number of nitrogen functional groups attached to an aromatic ring is 1. The normalized spacial score (nSPS) is 12.8. The molecule has 0 radical (unpaired) electrons. The van der Waals surface area contributed by atoms with Gasteiger partial charge in [-0.3, -0.25) is 4.79 Å². The first-order valence-corrected chi connectivity index (χ1v) is 6.45. The number of benzene rings is 2. The van der Waals surface area contributed by atoms with Crippen LogP contribution in [0.2, 0.25) is 0 Å². The van der Waals surface area contributed by atoms with Crippen molar-refractivity contribution in [3.63, 3.8) is 0 Å². The van der Waals surface area contributed by atoms with Gasteiger partial charge in [0.25, 0.3) is 0 Å². The van der Waals surface area contributed by atoms with Crippen LogP contribution in [-0.2, 0) is 0 Å². The zero-order valence-corrected chi connectivity index (χ0v) is 11.0. The fourth-order valence-corrected chi connectivity index (χ4v) is 2.41. The topological polar surface area (TPSA) is 74.7 Å². The Balaban J connectivity index is 1.97. The summed E-state index contributed by atoms with van der Waals surface area (Å²) in [5.41, 5.74) is 7.52. The number of ether oxygens (including phenoxy) is 2. The van der Waals surface area contributed by atoms with Crippen LogP contribution in [0.1, 0.15) is 0 Å². The highest BCUT2D eigenvalue weighted by atomic mass is 16.7. The minimum Gasteiger partial charge on any atom is -0.456 e. The van der Waals surface area contributed by atoms with Crippen LogP contribution in [0.25, 0.3) is 22.3 Å². The molecule has 5 heteroatoms. The van der Waals surface area contributed by atoms with Crippen LogP contribution in [0.3, 0.4) is 0 Å². The van der Waals surface area contributed by atoms with Crippen LogP contribution in [0.4, 0.5) is 5.69 Å². The van der Waals surface area contributed by atoms with Gasteiger partial charge in [0, 0.05) is 23.4 Å². The zero-order chi connectivity index (χ0) is 14.4. The summed E-state index contributed by atoms with van der Waals surface area (Å²) in [4.78, 5) is 12.2. The molecule has 1 aromatic heterocycles. The molecule has 0 aliphatic carbocycles. The molecule has 0 saturated heterocycles. The Bertz CT molecular complexity index is 914. The summed E-state index contributed by atoms with van der Waals surface area (Å²) in [6, 6.07) is 11.9. The standard InChI is InChI=1S/C16H11NO4/c17-11-6-16-15(19-8-20-16)5-10(11)14-7-12(18)9-3-1-2-4-13(9)21-14/h1-7H,8,17H2. The maximum Gasteiger partial charge on any atom is 0.231 e. The van der Waals surface area contributed by atoms with Gasteiger partial charge in [0.15, 0.2) is 16.9 Å². The van der Waals surface area contributed by atoms with E-state index in [4.69, 9.17) is 19.6 Å². The average Bonchev–Trinajstić information content (AvgIpc) is 2.93. The van der Waals surface area contributed by atoms with Crippen molar-refractivity contribution in [1.82, 2.24) is 0 Å². The van der Waals surface area contributed by atoms with Gasteiger partial charge in [0.1, 0.15) is 11.3 Å². The second kappa shape index (κ2) is 4.28. The summed E-state index contributed by atoms with van der Waals surface area (Å²) < 4.78 is 16.4. The summed E-state index contributed by atoms with van der Waals surface area (Å²) in [5, 5.41) is 0.542. The van der Waals surface area contributed by atoms with Gasteiger partial charge in [0.05, 0.1) is 5.39 Å². The molecule has 3 aromatic rings. The third-order valence-corrected chi connectivity index (χ3v) is 3.44. The molecule has 2 N–H and O–H groups in total. The number of rotatable bonds is 1. The summed E-state index contributed by atoms with van der Waals surface area (Å²) in [6.45, 7) is 0.167. The minimum absolute atomic E-state index is 0.107. The molecule has 0 saturated carbocycles. The van der Waals surface area contributed by atoms with E-state index in [2.05, 4.69) is 0 Å². The molecule has 104 valence electrons. The Morgan fingerprint density at radius 1 is 1.00 bits per heavy atom. The van der Waals surface area contributed by atoms with Crippen LogP contribution < -0.4 is 20.6 Å². The largest absolute Gasteiger partial charge is 0.456 e. The molecular formula is C16H11NO4. The fourth-order valence-electron chi connectivity index (χ4n) is 2.41. The van der Waals surface area contributed by atoms with Gasteiger partial charge in [-0.05, 0) is 18.2 Å². The molecule has 0 bridgehead atoms. The number of para-hydroxylation sites is 1. The molecular weight excluding hydrogens is 270 g/mol. The van der Waals surface area contributed by atoms with Gasteiger partial charge in [-0.25, -0.2) is 0 Å². The summed E-state index contributed by atoms with van der Waals surface area (Å²) in [5.74, 6) is 1.60. The predicted molar refractivity (Wildman–Crippen MR) is 78.5 cm³/mol. The molecule has 1 aliphatic heterocycles. The van der Waals surface area contributed by atoms with E-state index in [1.165, 1.54) is 6.07 Å². The lowest BCUT2D eigenvalue weighted by Crippen LogP contribution is -2.01. The highest BCUT2D eigenvalue weighted by molar-refractivity contribution is 5.82. The van der Waals surface area contributed by atoms with Crippen LogP contribution >= 0.6 is 0 Å². The van der Waals surface area contributed by atoms with Gasteiger partial charge in [-0.1, -0.05) is 12.1 Å². The molecule has 21 heavy (non-hydrogen) atoms. The van der Waals surface area contributed by atoms with E-state index >= 15 is 0 Å². The molecule has 2 aromatic carbocycles. The summed E-state index contributed by atoms with van der Waals surface area (Å²) in [7, 11) is 0. The number of fused-ring (bicyclic) bond motifs is 2. The van der Waals surface area contributed by atoms with Gasteiger partial charge in [0.2, 0.25) is 6.79 Å². The maximum absolute atomic E-state index is 12.2. The number of anilines is 1. The van der Waals surface area contributed by atoms with E-state index in [-0.39, 0.29) is 12.2 Å². The van der Waals surface area contributed by atoms with Crippen molar-refractivity contribution in [3.8, 4) is 22.8 Å². The number of nitrogens with two attached hydrogens (primary N) is 1. The summed E-state index contributed by atoms with van der Waals surface area (Å²) >= 11 is 0. The van der Waals surface area contributed by atoms with Crippen molar-refractivity contribution >= 4 is 16.7 Å². The quantitative estimate of drug-likeness (QED) is 0.694. The monoisotopic (exact) mass is 281 g/mol. The Kier molecular flexibility index (Phi) is 2.41. The van der Waals surface area contributed by atoms with Gasteiger partial charge < -0.3 is 19.6 Å². The molecule has 4 rings (SSSR count). The van der Waals surface area contributed by atoms with Crippen molar-refractivity contribution in [2.24, 2.45) is 0 Å². The highest BCUT2D eigenvalue weighted by Crippen LogP contribution is 2.40. The van der Waals surface area contributed by atoms with Gasteiger partial charge in [-0.15, -0.1) is 0 Å². The predicted octanol–water partition coefficient (Wildman–Crippen LogP) is 2.77. The highest BCUT2D eigenvalue weighted by Gasteiger charge is 2.18. The fraction of sp³-hybridized carbons (Fsp3) is 0.0625. The maximum atomic E-state index is 12.2.